The van der Waals surface area contributed by atoms with E-state index in [0.29, 0.717) is 23.3 Å². The third-order valence-corrected chi connectivity index (χ3v) is 6.22. The maximum atomic E-state index is 13.8. The number of hydrogen-bond donors (Lipinski definition) is 1. The van der Waals surface area contributed by atoms with E-state index >= 15 is 0 Å². The number of nitrogen functional groups attached to an aromatic ring is 1. The third-order valence-electron chi connectivity index (χ3n) is 6.22. The number of hydrogen-bond acceptors (Lipinski definition) is 6. The van der Waals surface area contributed by atoms with Crippen molar-refractivity contribution in [2.45, 2.75) is 31.9 Å². The highest BCUT2D eigenvalue weighted by Crippen LogP contribution is 2.38. The van der Waals surface area contributed by atoms with E-state index in [1.165, 1.54) is 17.2 Å². The number of carbonyl (C=O) groups is 1. The topological polar surface area (TPSA) is 90.6 Å². The molecule has 2 N–H and O–H groups in total. The first-order valence-corrected chi connectivity index (χ1v) is 10.6. The van der Waals surface area contributed by atoms with E-state index in [0.717, 1.165) is 23.3 Å². The van der Waals surface area contributed by atoms with Gasteiger partial charge in [-0.2, -0.15) is 13.2 Å². The Morgan fingerprint density at radius 1 is 1.26 bits per heavy atom. The number of aromatic nitrogens is 2. The highest BCUT2D eigenvalue weighted by Gasteiger charge is 2.37. The summed E-state index contributed by atoms with van der Waals surface area (Å²) in [6, 6.07) is 3.48. The van der Waals surface area contributed by atoms with Gasteiger partial charge < -0.3 is 20.1 Å². The smallest absolute Gasteiger partial charge is 0.383 e. The van der Waals surface area contributed by atoms with Crippen LogP contribution in [0.2, 0.25) is 0 Å². The molecule has 178 valence electrons. The van der Waals surface area contributed by atoms with Crippen LogP contribution in [0.4, 0.5) is 23.4 Å². The Balaban J connectivity index is 1.53. The molecule has 0 spiro atoms. The second-order valence-corrected chi connectivity index (χ2v) is 8.26. The molecule has 0 unspecified atom stereocenters. The summed E-state index contributed by atoms with van der Waals surface area (Å²) in [7, 11) is 0. The van der Waals surface area contributed by atoms with Crippen LogP contribution in [0.25, 0.3) is 10.9 Å². The Bertz CT molecular complexity index is 1300. The van der Waals surface area contributed by atoms with Crippen LogP contribution in [-0.4, -0.2) is 40.5 Å². The lowest BCUT2D eigenvalue weighted by Crippen LogP contribution is -2.43. The van der Waals surface area contributed by atoms with Crippen molar-refractivity contribution in [1.82, 2.24) is 14.9 Å². The SMILES string of the molecule is C[C@H]1OCc2c1c(N)nc1cnc(C(=O)N3CCOC[C@H]3c3ccc(F)c(C(F)(F)F)c3)cc21. The monoisotopic (exact) mass is 476 g/mol. The highest BCUT2D eigenvalue weighted by molar-refractivity contribution is 5.97. The standard InChI is InChI=1S/C23H20F4N4O3/c1-11-20-14(9-34-11)13-7-17(29-8-18(13)30-21(20)28)22(32)31-4-5-33-10-19(31)12-2-3-16(24)15(6-12)23(25,26)27/h2-3,6-8,11,19H,4-5,9-10H2,1H3,(H2,28,30)/t11-,19+/m1/s1. The summed E-state index contributed by atoms with van der Waals surface area (Å²) in [4.78, 5) is 23.4. The first kappa shape index (κ1) is 22.5. The molecule has 2 atom stereocenters. The Morgan fingerprint density at radius 2 is 2.06 bits per heavy atom. The molecule has 3 aromatic rings. The fourth-order valence-corrected chi connectivity index (χ4v) is 4.52. The average molecular weight is 476 g/mol. The number of nitrogens with zero attached hydrogens (tertiary/aromatic N) is 3. The second-order valence-electron chi connectivity index (χ2n) is 8.26. The fourth-order valence-electron chi connectivity index (χ4n) is 4.52. The molecule has 2 aliphatic rings. The van der Waals surface area contributed by atoms with E-state index in [9.17, 15) is 22.4 Å². The van der Waals surface area contributed by atoms with E-state index < -0.39 is 29.5 Å². The minimum absolute atomic E-state index is 0.0267. The molecule has 0 aliphatic carbocycles. The summed E-state index contributed by atoms with van der Waals surface area (Å²) in [5.74, 6) is -1.51. The van der Waals surface area contributed by atoms with Crippen molar-refractivity contribution in [2.75, 3.05) is 25.5 Å². The molecule has 1 amide bonds. The van der Waals surface area contributed by atoms with Crippen LogP contribution >= 0.6 is 0 Å². The highest BCUT2D eigenvalue weighted by atomic mass is 19.4. The molecule has 2 aromatic heterocycles. The molecule has 0 bridgehead atoms. The number of fused-ring (bicyclic) bond motifs is 3. The van der Waals surface area contributed by atoms with E-state index in [1.807, 2.05) is 6.92 Å². The molecule has 34 heavy (non-hydrogen) atoms. The number of alkyl halides is 3. The third kappa shape index (κ3) is 3.74. The van der Waals surface area contributed by atoms with Crippen molar-refractivity contribution >= 4 is 22.6 Å². The predicted octanol–water partition coefficient (Wildman–Crippen LogP) is 4.17. The first-order valence-electron chi connectivity index (χ1n) is 10.6. The summed E-state index contributed by atoms with van der Waals surface area (Å²) in [5, 5.41) is 0.679. The quantitative estimate of drug-likeness (QED) is 0.559. The minimum atomic E-state index is -4.86. The second kappa shape index (κ2) is 8.17. The van der Waals surface area contributed by atoms with Gasteiger partial charge in [-0.3, -0.25) is 4.79 Å². The number of halogens is 4. The number of benzene rings is 1. The molecule has 0 radical (unpaired) electrons. The summed E-state index contributed by atoms with van der Waals surface area (Å²) in [5.41, 5.74) is 7.02. The Kier molecular flexibility index (Phi) is 5.40. The van der Waals surface area contributed by atoms with Crippen molar-refractivity contribution in [1.29, 1.82) is 0 Å². The normalized spacial score (nSPS) is 20.6. The lowest BCUT2D eigenvalue weighted by atomic mass is 10.00. The zero-order valence-corrected chi connectivity index (χ0v) is 18.0. The van der Waals surface area contributed by atoms with Gasteiger partial charge in [0.25, 0.3) is 5.91 Å². The van der Waals surface area contributed by atoms with Crippen molar-refractivity contribution in [2.24, 2.45) is 0 Å². The number of carbonyl (C=O) groups excluding carboxylic acids is 1. The van der Waals surface area contributed by atoms with Crippen LogP contribution in [0.15, 0.2) is 30.5 Å². The molecule has 0 saturated carbocycles. The summed E-state index contributed by atoms with van der Waals surface area (Å²) < 4.78 is 64.6. The number of anilines is 1. The molecule has 1 fully saturated rings. The minimum Gasteiger partial charge on any atom is -0.383 e. The van der Waals surface area contributed by atoms with E-state index in [4.69, 9.17) is 15.2 Å². The van der Waals surface area contributed by atoms with Crippen LogP contribution in [0.1, 0.15) is 51.8 Å². The van der Waals surface area contributed by atoms with Gasteiger partial charge in [-0.05, 0) is 36.2 Å². The molecule has 1 aromatic carbocycles. The van der Waals surface area contributed by atoms with Gasteiger partial charge >= 0.3 is 6.18 Å². The average Bonchev–Trinajstić information content (AvgIpc) is 3.20. The van der Waals surface area contributed by atoms with Crippen molar-refractivity contribution in [3.8, 4) is 0 Å². The Labute approximate surface area is 191 Å². The van der Waals surface area contributed by atoms with Gasteiger partial charge in [-0.25, -0.2) is 14.4 Å². The van der Waals surface area contributed by atoms with Crippen LogP contribution < -0.4 is 5.73 Å². The summed E-state index contributed by atoms with van der Waals surface area (Å²) >= 11 is 0. The molecular formula is C23H20F4N4O3. The number of nitrogens with two attached hydrogens (primary N) is 1. The number of pyridine rings is 2. The van der Waals surface area contributed by atoms with Gasteiger partial charge in [0.2, 0.25) is 0 Å². The Hall–Kier alpha value is -3.31. The van der Waals surface area contributed by atoms with Gasteiger partial charge in [0.15, 0.2) is 0 Å². The molecule has 7 nitrogen and oxygen atoms in total. The van der Waals surface area contributed by atoms with Crippen LogP contribution in [0.3, 0.4) is 0 Å². The van der Waals surface area contributed by atoms with E-state index in [2.05, 4.69) is 9.97 Å². The number of ether oxygens (including phenoxy) is 2. The van der Waals surface area contributed by atoms with Gasteiger partial charge in [0, 0.05) is 17.5 Å². The largest absolute Gasteiger partial charge is 0.419 e. The number of amides is 1. The first-order chi connectivity index (χ1) is 16.1. The van der Waals surface area contributed by atoms with E-state index in [1.54, 1.807) is 6.07 Å². The Morgan fingerprint density at radius 3 is 2.82 bits per heavy atom. The summed E-state index contributed by atoms with van der Waals surface area (Å²) in [6.07, 6.45) is -3.65. The molecule has 1 saturated heterocycles. The zero-order valence-electron chi connectivity index (χ0n) is 18.0. The zero-order chi connectivity index (χ0) is 24.2. The predicted molar refractivity (Wildman–Crippen MR) is 113 cm³/mol. The molecule has 2 aliphatic heterocycles. The van der Waals surface area contributed by atoms with Gasteiger partial charge in [-0.15, -0.1) is 0 Å². The van der Waals surface area contributed by atoms with E-state index in [-0.39, 0.29) is 37.1 Å². The van der Waals surface area contributed by atoms with Gasteiger partial charge in [0.1, 0.15) is 17.3 Å². The van der Waals surface area contributed by atoms with Crippen LogP contribution in [0.5, 0.6) is 0 Å². The molecule has 5 rings (SSSR count). The molecular weight excluding hydrogens is 456 g/mol. The van der Waals surface area contributed by atoms with Crippen molar-refractivity contribution < 1.29 is 31.8 Å². The maximum absolute atomic E-state index is 13.8. The summed E-state index contributed by atoms with van der Waals surface area (Å²) in [6.45, 7) is 2.50. The van der Waals surface area contributed by atoms with Gasteiger partial charge in [0.05, 0.1) is 49.2 Å². The maximum Gasteiger partial charge on any atom is 0.419 e. The van der Waals surface area contributed by atoms with Gasteiger partial charge in [-0.1, -0.05) is 6.07 Å². The molecule has 11 heteroatoms. The van der Waals surface area contributed by atoms with Crippen LogP contribution in [-0.2, 0) is 22.3 Å². The lowest BCUT2D eigenvalue weighted by Gasteiger charge is -2.36. The number of rotatable bonds is 2. The van der Waals surface area contributed by atoms with Crippen molar-refractivity contribution in [3.63, 3.8) is 0 Å². The van der Waals surface area contributed by atoms with Crippen LogP contribution in [0, 0.1) is 5.82 Å². The fraction of sp³-hybridized carbons (Fsp3) is 0.348. The lowest BCUT2D eigenvalue weighted by molar-refractivity contribution is -0.140. The number of morpholine rings is 1. The molecule has 4 heterocycles. The van der Waals surface area contributed by atoms with Crippen molar-refractivity contribution in [3.05, 3.63) is 64.2 Å².